The molecule has 0 bridgehead atoms. The third-order valence-corrected chi connectivity index (χ3v) is 12.2. The first-order valence-electron chi connectivity index (χ1n) is 18.2. The zero-order valence-corrected chi connectivity index (χ0v) is 34.0. The predicted molar refractivity (Wildman–Crippen MR) is 236 cm³/mol. The number of pyridine rings is 1. The van der Waals surface area contributed by atoms with Crippen LogP contribution in [0.1, 0.15) is 21.6 Å². The van der Waals surface area contributed by atoms with Gasteiger partial charge in [0.15, 0.2) is 17.2 Å². The number of halogens is 1. The molecule has 0 aliphatic heterocycles. The van der Waals surface area contributed by atoms with Crippen LogP contribution in [-0.4, -0.2) is 16.1 Å². The molecule has 58 heavy (non-hydrogen) atoms. The third kappa shape index (κ3) is 9.93. The van der Waals surface area contributed by atoms with Gasteiger partial charge in [0.2, 0.25) is 0 Å². The Balaban J connectivity index is 1.14. The molecular formula is C48H34ClNO5S3. The molecule has 0 fully saturated rings. The van der Waals surface area contributed by atoms with E-state index in [2.05, 4.69) is 77.8 Å². The van der Waals surface area contributed by atoms with Crippen LogP contribution in [0.2, 0.25) is 5.02 Å². The number of hydrogen-bond acceptors (Lipinski definition) is 8. The van der Waals surface area contributed by atoms with Gasteiger partial charge in [-0.15, -0.1) is 11.3 Å². The Morgan fingerprint density at radius 3 is 1.71 bits per heavy atom. The number of carboxylic acid groups (broad SMARTS) is 1. The summed E-state index contributed by atoms with van der Waals surface area (Å²) in [6, 6.07) is 51.4. The lowest BCUT2D eigenvalue weighted by Gasteiger charge is -2.15. The second-order valence-electron chi connectivity index (χ2n) is 12.9. The molecule has 2 aromatic heterocycles. The molecule has 6 aromatic carbocycles. The molecule has 0 saturated heterocycles. The molecule has 0 saturated carbocycles. The van der Waals surface area contributed by atoms with Crippen molar-refractivity contribution in [2.75, 3.05) is 0 Å². The van der Waals surface area contributed by atoms with Crippen molar-refractivity contribution in [3.63, 3.8) is 0 Å². The van der Waals surface area contributed by atoms with E-state index >= 15 is 0 Å². The quantitative estimate of drug-likeness (QED) is 0.102. The van der Waals surface area contributed by atoms with Gasteiger partial charge in [-0.05, 0) is 114 Å². The number of carboxylic acids is 1. The summed E-state index contributed by atoms with van der Waals surface area (Å²) in [5.74, 6) is 1.03. The Bertz CT molecular complexity index is 2650. The Labute approximate surface area is 353 Å². The average Bonchev–Trinajstić information content (AvgIpc) is 3.58. The molecule has 2 heterocycles. The van der Waals surface area contributed by atoms with Crippen LogP contribution < -0.4 is 14.2 Å². The zero-order chi connectivity index (χ0) is 39.7. The van der Waals surface area contributed by atoms with Gasteiger partial charge >= 0.3 is 5.97 Å². The zero-order valence-electron chi connectivity index (χ0n) is 30.8. The van der Waals surface area contributed by atoms with E-state index < -0.39 is 5.97 Å². The molecule has 1 N–H and O–H groups in total. The molecule has 0 spiro atoms. The van der Waals surface area contributed by atoms with Crippen molar-refractivity contribution in [2.45, 2.75) is 32.8 Å². The number of rotatable bonds is 15. The van der Waals surface area contributed by atoms with Crippen molar-refractivity contribution >= 4 is 74.2 Å². The van der Waals surface area contributed by atoms with Gasteiger partial charge in [-0.2, -0.15) is 0 Å². The summed E-state index contributed by atoms with van der Waals surface area (Å²) in [4.78, 5) is 21.9. The minimum Gasteiger partial charge on any atom is -0.485 e. The summed E-state index contributed by atoms with van der Waals surface area (Å²) < 4.78 is 20.5. The lowest BCUT2D eigenvalue weighted by Crippen LogP contribution is -2.01. The first-order valence-corrected chi connectivity index (χ1v) is 21.0. The number of fused-ring (bicyclic) bond motifs is 1. The fraction of sp³-hybridized carbons (Fsp3) is 0.0417. The fourth-order valence-corrected chi connectivity index (χ4v) is 8.84. The minimum absolute atomic E-state index is 0.102. The molecule has 286 valence electrons. The van der Waals surface area contributed by atoms with Crippen LogP contribution in [0.3, 0.4) is 0 Å². The Morgan fingerprint density at radius 1 is 0.655 bits per heavy atom. The number of nitrogens with zero attached hydrogens (tertiary/aromatic N) is 1. The average molecular weight is 836 g/mol. The van der Waals surface area contributed by atoms with E-state index in [-0.39, 0.29) is 5.57 Å². The molecular weight excluding hydrogens is 802 g/mol. The maximum absolute atomic E-state index is 12.6. The third-order valence-electron chi connectivity index (χ3n) is 8.86. The minimum atomic E-state index is -1.07. The SMILES string of the molecule is O=C(O)/C(=C\c1sc2cc(OCc3ccc(Sc4ccccc4)cc3)c(OCc3ccc(Sc4ccccc4)cc3)cc2c1Oc1ccc(Cl)cc1)c1ccncc1. The first-order chi connectivity index (χ1) is 28.4. The van der Waals surface area contributed by atoms with Gasteiger partial charge in [0.1, 0.15) is 19.0 Å². The largest absolute Gasteiger partial charge is 0.485 e. The van der Waals surface area contributed by atoms with E-state index in [1.807, 2.05) is 48.5 Å². The summed E-state index contributed by atoms with van der Waals surface area (Å²) in [6.45, 7) is 0.597. The topological polar surface area (TPSA) is 77.9 Å². The maximum atomic E-state index is 12.6. The molecule has 8 rings (SSSR count). The summed E-state index contributed by atoms with van der Waals surface area (Å²) in [5, 5.41) is 11.6. The van der Waals surface area contributed by atoms with Crippen molar-refractivity contribution in [3.8, 4) is 23.0 Å². The number of carbonyl (C=O) groups is 1. The van der Waals surface area contributed by atoms with E-state index in [1.165, 1.54) is 21.1 Å². The van der Waals surface area contributed by atoms with Gasteiger partial charge in [0.05, 0.1) is 10.5 Å². The van der Waals surface area contributed by atoms with Crippen LogP contribution >= 0.6 is 46.5 Å². The van der Waals surface area contributed by atoms with Crippen LogP contribution in [0.15, 0.2) is 190 Å². The Kier molecular flexibility index (Phi) is 12.4. The molecule has 0 aliphatic carbocycles. The lowest BCUT2D eigenvalue weighted by atomic mass is 10.1. The number of ether oxygens (including phenoxy) is 3. The van der Waals surface area contributed by atoms with Gasteiger partial charge < -0.3 is 19.3 Å². The van der Waals surface area contributed by atoms with E-state index in [0.717, 1.165) is 31.0 Å². The normalized spacial score (nSPS) is 11.4. The van der Waals surface area contributed by atoms with Gasteiger partial charge in [-0.3, -0.25) is 4.98 Å². The smallest absolute Gasteiger partial charge is 0.336 e. The molecule has 0 atom stereocenters. The fourth-order valence-electron chi connectivity index (χ4n) is 5.96. The van der Waals surface area contributed by atoms with Crippen LogP contribution in [-0.2, 0) is 18.0 Å². The van der Waals surface area contributed by atoms with E-state index in [0.29, 0.717) is 51.7 Å². The highest BCUT2D eigenvalue weighted by Gasteiger charge is 2.21. The highest BCUT2D eigenvalue weighted by atomic mass is 35.5. The second kappa shape index (κ2) is 18.5. The highest BCUT2D eigenvalue weighted by molar-refractivity contribution is 7.99. The Hall–Kier alpha value is -5.97. The number of hydrogen-bond donors (Lipinski definition) is 1. The standard InChI is InChI=1S/C48H34ClNO5S3/c49-35-15-17-36(18-16-35)55-47-42-27-43(53-30-32-11-19-39(20-12-32)56-37-7-3-1-4-8-37)44(54-31-33-13-21-40(22-14-33)57-38-9-5-2-6-10-38)29-45(42)58-46(47)28-41(48(51)52)34-23-25-50-26-24-34/h1-29H,30-31H2,(H,51,52)/b41-28-. The van der Waals surface area contributed by atoms with Crippen molar-refractivity contribution in [3.05, 3.63) is 197 Å². The molecule has 0 amide bonds. The number of benzene rings is 6. The number of aromatic nitrogens is 1. The summed E-state index contributed by atoms with van der Waals surface area (Å²) in [6.07, 6.45) is 4.78. The van der Waals surface area contributed by atoms with Gasteiger partial charge in [-0.1, -0.05) is 95.8 Å². The van der Waals surface area contributed by atoms with Crippen LogP contribution in [0.5, 0.6) is 23.0 Å². The molecule has 10 heteroatoms. The molecule has 0 aliphatic rings. The maximum Gasteiger partial charge on any atom is 0.336 e. The lowest BCUT2D eigenvalue weighted by molar-refractivity contribution is -0.130. The van der Waals surface area contributed by atoms with E-state index in [9.17, 15) is 9.90 Å². The molecule has 6 nitrogen and oxygen atoms in total. The van der Waals surface area contributed by atoms with Gasteiger partial charge in [0.25, 0.3) is 0 Å². The van der Waals surface area contributed by atoms with Gasteiger partial charge in [-0.25, -0.2) is 4.79 Å². The van der Waals surface area contributed by atoms with Gasteiger partial charge in [0, 0.05) is 53.2 Å². The Morgan fingerprint density at radius 2 is 1.17 bits per heavy atom. The van der Waals surface area contributed by atoms with E-state index in [1.54, 1.807) is 78.4 Å². The van der Waals surface area contributed by atoms with Crippen LogP contribution in [0, 0.1) is 0 Å². The summed E-state index contributed by atoms with van der Waals surface area (Å²) in [7, 11) is 0. The van der Waals surface area contributed by atoms with Crippen molar-refractivity contribution in [1.29, 1.82) is 0 Å². The predicted octanol–water partition coefficient (Wildman–Crippen LogP) is 13.8. The molecule has 0 unspecified atom stereocenters. The van der Waals surface area contributed by atoms with Crippen molar-refractivity contribution in [2.24, 2.45) is 0 Å². The monoisotopic (exact) mass is 835 g/mol. The van der Waals surface area contributed by atoms with Crippen LogP contribution in [0.4, 0.5) is 0 Å². The number of thiophene rings is 1. The van der Waals surface area contributed by atoms with Crippen LogP contribution in [0.25, 0.3) is 21.7 Å². The second-order valence-corrected chi connectivity index (χ2v) is 16.8. The first kappa shape index (κ1) is 38.9. The summed E-state index contributed by atoms with van der Waals surface area (Å²) in [5.41, 5.74) is 2.61. The van der Waals surface area contributed by atoms with E-state index in [4.69, 9.17) is 25.8 Å². The summed E-state index contributed by atoms with van der Waals surface area (Å²) >= 11 is 11.0. The van der Waals surface area contributed by atoms with Crippen molar-refractivity contribution in [1.82, 2.24) is 4.98 Å². The molecule has 8 aromatic rings. The number of aliphatic carboxylic acids is 1. The highest BCUT2D eigenvalue weighted by Crippen LogP contribution is 2.47. The molecule has 0 radical (unpaired) electrons. The van der Waals surface area contributed by atoms with Crippen molar-refractivity contribution < 1.29 is 24.1 Å².